The van der Waals surface area contributed by atoms with Gasteiger partial charge in [0.1, 0.15) is 0 Å². The predicted octanol–water partition coefficient (Wildman–Crippen LogP) is -0.138. The summed E-state index contributed by atoms with van der Waals surface area (Å²) in [5, 5.41) is 2.01. The number of carbonyl (C=O) groups is 1. The van der Waals surface area contributed by atoms with Crippen LogP contribution in [-0.2, 0) is 0 Å². The molecule has 1 aromatic heterocycles. The molecular weight excluding hydrogens is 214 g/mol. The van der Waals surface area contributed by atoms with E-state index in [0.29, 0.717) is 0 Å². The fraction of sp³-hybridized carbons (Fsp3) is 0.500. The minimum Gasteiger partial charge on any atom is -0.345 e. The Balaban J connectivity index is 2.43. The van der Waals surface area contributed by atoms with E-state index in [1.54, 1.807) is 0 Å². The fourth-order valence-electron chi connectivity index (χ4n) is 0.637. The number of aromatic nitrogens is 2. The number of rotatable bonds is 4. The summed E-state index contributed by atoms with van der Waals surface area (Å²) >= 11 is 0.834. The zero-order chi connectivity index (χ0) is 10.6. The van der Waals surface area contributed by atoms with Gasteiger partial charge in [0, 0.05) is 0 Å². The molecule has 1 rings (SSSR count). The molecule has 1 heterocycles. The largest absolute Gasteiger partial charge is 0.345 e. The second-order valence-electron chi connectivity index (χ2n) is 2.54. The first kappa shape index (κ1) is 10.9. The predicted molar refractivity (Wildman–Crippen MR) is 46.2 cm³/mol. The molecule has 0 aliphatic heterocycles. The normalized spacial score (nSPS) is 11.4. The van der Waals surface area contributed by atoms with Crippen molar-refractivity contribution in [3.05, 3.63) is 11.9 Å². The third kappa shape index (κ3) is 2.96. The minimum atomic E-state index is -3.08. The van der Waals surface area contributed by atoms with Crippen LogP contribution in [0.25, 0.3) is 0 Å². The molecule has 1 aromatic rings. The number of hydrogen-bond donors (Lipinski definition) is 2. The molecule has 14 heavy (non-hydrogen) atoms. The van der Waals surface area contributed by atoms with Crippen molar-refractivity contribution in [1.29, 1.82) is 0 Å². The molecule has 0 fully saturated rings. The summed E-state index contributed by atoms with van der Waals surface area (Å²) in [6, 6.07) is 0. The van der Waals surface area contributed by atoms with E-state index in [-0.39, 0.29) is 5.69 Å². The number of halogens is 2. The highest BCUT2D eigenvalue weighted by Gasteiger charge is 2.27. The number of carbonyl (C=O) groups excluding carboxylic acids is 1. The Kier molecular flexibility index (Phi) is 3.42. The second kappa shape index (κ2) is 4.38. The van der Waals surface area contributed by atoms with Crippen molar-refractivity contribution in [1.82, 2.24) is 14.1 Å². The highest BCUT2D eigenvalue weighted by Crippen LogP contribution is 2.08. The number of nitrogens with one attached hydrogen (secondary N) is 1. The lowest BCUT2D eigenvalue weighted by Gasteiger charge is -2.13. The summed E-state index contributed by atoms with van der Waals surface area (Å²) in [4.78, 5) is 11.1. The van der Waals surface area contributed by atoms with Crippen LogP contribution in [0.5, 0.6) is 0 Å². The van der Waals surface area contributed by atoms with Crippen LogP contribution in [0.2, 0.25) is 0 Å². The number of nitrogens with two attached hydrogens (primary N) is 1. The van der Waals surface area contributed by atoms with Gasteiger partial charge in [-0.05, 0) is 0 Å². The van der Waals surface area contributed by atoms with Gasteiger partial charge in [-0.25, -0.2) is 8.78 Å². The van der Waals surface area contributed by atoms with Crippen LogP contribution in [0.1, 0.15) is 10.5 Å². The first-order valence-electron chi connectivity index (χ1n) is 3.69. The Hall–Kier alpha value is -1.15. The smallest absolute Gasteiger partial charge is 0.277 e. The van der Waals surface area contributed by atoms with Crippen molar-refractivity contribution >= 4 is 17.6 Å². The average molecular weight is 222 g/mol. The Morgan fingerprint density at radius 3 is 2.93 bits per heavy atom. The maximum atomic E-state index is 12.6. The number of amides is 1. The summed E-state index contributed by atoms with van der Waals surface area (Å²) in [5.74, 6) is -3.76. The maximum absolute atomic E-state index is 12.6. The van der Waals surface area contributed by atoms with Gasteiger partial charge in [-0.15, -0.1) is 0 Å². The SMILES string of the molecule is NCC(F)(F)CNC(=O)c1cnsn1. The third-order valence-electron chi connectivity index (χ3n) is 1.40. The second-order valence-corrected chi connectivity index (χ2v) is 3.09. The Morgan fingerprint density at radius 2 is 2.43 bits per heavy atom. The summed E-state index contributed by atoms with van der Waals surface area (Å²) < 4.78 is 32.3. The van der Waals surface area contributed by atoms with Gasteiger partial charge < -0.3 is 11.1 Å². The van der Waals surface area contributed by atoms with Gasteiger partial charge in [0.2, 0.25) is 0 Å². The Bertz CT molecular complexity index is 303. The zero-order valence-corrected chi connectivity index (χ0v) is 7.85. The van der Waals surface area contributed by atoms with Gasteiger partial charge in [0.25, 0.3) is 11.8 Å². The van der Waals surface area contributed by atoms with E-state index >= 15 is 0 Å². The molecule has 0 aromatic carbocycles. The quantitative estimate of drug-likeness (QED) is 0.743. The summed E-state index contributed by atoms with van der Waals surface area (Å²) in [6.45, 7) is -1.59. The van der Waals surface area contributed by atoms with Gasteiger partial charge in [-0.1, -0.05) is 0 Å². The molecule has 3 N–H and O–H groups in total. The molecule has 0 aliphatic carbocycles. The lowest BCUT2D eigenvalue weighted by Crippen LogP contribution is -2.41. The molecule has 0 saturated heterocycles. The molecule has 0 atom stereocenters. The number of nitrogens with zero attached hydrogens (tertiary/aromatic N) is 2. The number of hydrogen-bond acceptors (Lipinski definition) is 5. The highest BCUT2D eigenvalue weighted by atomic mass is 32.1. The lowest BCUT2D eigenvalue weighted by molar-refractivity contribution is 0.0118. The Morgan fingerprint density at radius 1 is 1.71 bits per heavy atom. The maximum Gasteiger partial charge on any atom is 0.277 e. The van der Waals surface area contributed by atoms with Gasteiger partial charge in [-0.3, -0.25) is 4.79 Å². The van der Waals surface area contributed by atoms with Crippen molar-refractivity contribution in [2.24, 2.45) is 5.73 Å². The van der Waals surface area contributed by atoms with Crippen molar-refractivity contribution < 1.29 is 13.6 Å². The minimum absolute atomic E-state index is 0.0304. The van der Waals surface area contributed by atoms with Crippen LogP contribution < -0.4 is 11.1 Å². The first-order chi connectivity index (χ1) is 6.55. The van der Waals surface area contributed by atoms with E-state index in [1.807, 2.05) is 5.32 Å². The van der Waals surface area contributed by atoms with Crippen molar-refractivity contribution in [2.75, 3.05) is 13.1 Å². The topological polar surface area (TPSA) is 80.9 Å². The standard InChI is InChI=1S/C6H8F2N4OS/c7-6(8,2-9)3-10-5(13)4-1-11-14-12-4/h1H,2-3,9H2,(H,10,13). The van der Waals surface area contributed by atoms with Crippen LogP contribution in [-0.4, -0.2) is 33.7 Å². The molecule has 1 amide bonds. The van der Waals surface area contributed by atoms with E-state index in [1.165, 1.54) is 6.20 Å². The van der Waals surface area contributed by atoms with Crippen molar-refractivity contribution in [2.45, 2.75) is 5.92 Å². The molecule has 8 heteroatoms. The van der Waals surface area contributed by atoms with E-state index in [4.69, 9.17) is 5.73 Å². The van der Waals surface area contributed by atoms with Crippen molar-refractivity contribution in [3.8, 4) is 0 Å². The average Bonchev–Trinajstić information content (AvgIpc) is 2.67. The van der Waals surface area contributed by atoms with Crippen LogP contribution in [0, 0.1) is 0 Å². The van der Waals surface area contributed by atoms with E-state index < -0.39 is 24.9 Å². The van der Waals surface area contributed by atoms with E-state index in [2.05, 4.69) is 8.75 Å². The molecule has 5 nitrogen and oxygen atoms in total. The van der Waals surface area contributed by atoms with Gasteiger partial charge in [-0.2, -0.15) is 8.75 Å². The number of alkyl halides is 2. The first-order valence-corrected chi connectivity index (χ1v) is 4.42. The van der Waals surface area contributed by atoms with E-state index in [9.17, 15) is 13.6 Å². The molecular formula is C6H8F2N4OS. The lowest BCUT2D eigenvalue weighted by atomic mass is 10.3. The molecule has 0 radical (unpaired) electrons. The van der Waals surface area contributed by atoms with Gasteiger partial charge in [0.05, 0.1) is 31.0 Å². The van der Waals surface area contributed by atoms with Gasteiger partial charge in [0.15, 0.2) is 5.69 Å². The molecule has 78 valence electrons. The van der Waals surface area contributed by atoms with E-state index in [0.717, 1.165) is 11.7 Å². The Labute approximate surface area is 82.6 Å². The molecule has 0 bridgehead atoms. The molecule has 0 aliphatic rings. The molecule has 0 spiro atoms. The van der Waals surface area contributed by atoms with Crippen LogP contribution in [0.15, 0.2) is 6.20 Å². The van der Waals surface area contributed by atoms with Crippen LogP contribution in [0.3, 0.4) is 0 Å². The summed E-state index contributed by atoms with van der Waals surface area (Å²) in [7, 11) is 0. The van der Waals surface area contributed by atoms with Crippen molar-refractivity contribution in [3.63, 3.8) is 0 Å². The molecule has 0 unspecified atom stereocenters. The summed E-state index contributed by atoms with van der Waals surface area (Å²) in [6.07, 6.45) is 1.21. The van der Waals surface area contributed by atoms with Crippen LogP contribution >= 0.6 is 11.7 Å². The van der Waals surface area contributed by atoms with Gasteiger partial charge >= 0.3 is 0 Å². The zero-order valence-electron chi connectivity index (χ0n) is 7.04. The fourth-order valence-corrected chi connectivity index (χ4v) is 1.05. The molecule has 0 saturated carbocycles. The monoisotopic (exact) mass is 222 g/mol. The summed E-state index contributed by atoms with van der Waals surface area (Å²) in [5.41, 5.74) is 4.81. The third-order valence-corrected chi connectivity index (χ3v) is 1.88. The van der Waals surface area contributed by atoms with Crippen LogP contribution in [0.4, 0.5) is 8.78 Å². The highest BCUT2D eigenvalue weighted by molar-refractivity contribution is 6.99.